The molecule has 3 aromatic rings. The van der Waals surface area contributed by atoms with Gasteiger partial charge in [0.25, 0.3) is 0 Å². The number of rotatable bonds is 4. The third-order valence-electron chi connectivity index (χ3n) is 3.97. The average Bonchev–Trinajstić information content (AvgIpc) is 2.63. The van der Waals surface area contributed by atoms with Crippen LogP contribution in [-0.4, -0.2) is 21.1 Å². The standard InChI is InChI=1S/C20H20N4O/c1-14(2)17-11-9-16(10-12-17)13-21-24-15(3)22-23-19(20(24)25)18-7-5-4-6-8-18/h4-14H,1-3H3. The van der Waals surface area contributed by atoms with E-state index in [0.717, 1.165) is 11.1 Å². The Labute approximate surface area is 146 Å². The van der Waals surface area contributed by atoms with Gasteiger partial charge >= 0.3 is 5.56 Å². The summed E-state index contributed by atoms with van der Waals surface area (Å²) < 4.78 is 1.28. The van der Waals surface area contributed by atoms with Crippen LogP contribution in [-0.2, 0) is 0 Å². The molecule has 1 heterocycles. The molecular weight excluding hydrogens is 312 g/mol. The number of aromatic nitrogens is 3. The lowest BCUT2D eigenvalue weighted by Crippen LogP contribution is -2.23. The van der Waals surface area contributed by atoms with E-state index in [9.17, 15) is 4.79 Å². The zero-order chi connectivity index (χ0) is 17.8. The Morgan fingerprint density at radius 1 is 1.00 bits per heavy atom. The van der Waals surface area contributed by atoms with E-state index in [1.54, 1.807) is 13.1 Å². The van der Waals surface area contributed by atoms with Crippen LogP contribution in [0.3, 0.4) is 0 Å². The van der Waals surface area contributed by atoms with E-state index in [0.29, 0.717) is 17.4 Å². The van der Waals surface area contributed by atoms with Crippen LogP contribution in [0.4, 0.5) is 0 Å². The molecule has 0 unspecified atom stereocenters. The molecule has 0 saturated heterocycles. The van der Waals surface area contributed by atoms with Gasteiger partial charge in [0.2, 0.25) is 0 Å². The van der Waals surface area contributed by atoms with Crippen LogP contribution < -0.4 is 5.56 Å². The predicted octanol–water partition coefficient (Wildman–Crippen LogP) is 3.62. The first-order valence-electron chi connectivity index (χ1n) is 8.22. The zero-order valence-corrected chi connectivity index (χ0v) is 14.5. The molecule has 25 heavy (non-hydrogen) atoms. The lowest BCUT2D eigenvalue weighted by atomic mass is 10.0. The van der Waals surface area contributed by atoms with E-state index in [4.69, 9.17) is 0 Å². The van der Waals surface area contributed by atoms with E-state index < -0.39 is 0 Å². The second kappa shape index (κ2) is 7.21. The van der Waals surface area contributed by atoms with Gasteiger partial charge < -0.3 is 0 Å². The maximum Gasteiger partial charge on any atom is 0.301 e. The Bertz CT molecular complexity index is 942. The molecule has 0 amide bonds. The topological polar surface area (TPSA) is 60.1 Å². The van der Waals surface area contributed by atoms with Crippen molar-refractivity contribution in [2.75, 3.05) is 0 Å². The van der Waals surface area contributed by atoms with Gasteiger partial charge in [0.05, 0.1) is 6.21 Å². The monoisotopic (exact) mass is 332 g/mol. The molecule has 2 aromatic carbocycles. The SMILES string of the molecule is Cc1nnc(-c2ccccc2)c(=O)n1N=Cc1ccc(C(C)C)cc1. The maximum absolute atomic E-state index is 12.7. The van der Waals surface area contributed by atoms with Crippen LogP contribution in [0.2, 0.25) is 0 Å². The van der Waals surface area contributed by atoms with E-state index in [1.807, 2.05) is 42.5 Å². The lowest BCUT2D eigenvalue weighted by Gasteiger charge is -2.06. The van der Waals surface area contributed by atoms with Crippen molar-refractivity contribution in [3.63, 3.8) is 0 Å². The summed E-state index contributed by atoms with van der Waals surface area (Å²) in [6.45, 7) is 6.02. The lowest BCUT2D eigenvalue weighted by molar-refractivity contribution is 0.717. The molecule has 0 spiro atoms. The summed E-state index contributed by atoms with van der Waals surface area (Å²) in [7, 11) is 0. The Morgan fingerprint density at radius 2 is 1.68 bits per heavy atom. The fraction of sp³-hybridized carbons (Fsp3) is 0.200. The van der Waals surface area contributed by atoms with Gasteiger partial charge in [0.15, 0.2) is 11.5 Å². The largest absolute Gasteiger partial charge is 0.301 e. The second-order valence-corrected chi connectivity index (χ2v) is 6.14. The summed E-state index contributed by atoms with van der Waals surface area (Å²) in [6.07, 6.45) is 1.66. The van der Waals surface area contributed by atoms with Gasteiger partial charge in [-0.05, 0) is 24.0 Å². The molecule has 3 rings (SSSR count). The van der Waals surface area contributed by atoms with Crippen LogP contribution >= 0.6 is 0 Å². The minimum absolute atomic E-state index is 0.284. The normalized spacial score (nSPS) is 11.4. The highest BCUT2D eigenvalue weighted by Crippen LogP contribution is 2.14. The van der Waals surface area contributed by atoms with Gasteiger partial charge in [-0.15, -0.1) is 10.2 Å². The fourth-order valence-electron chi connectivity index (χ4n) is 2.46. The van der Waals surface area contributed by atoms with E-state index in [1.165, 1.54) is 10.2 Å². The Kier molecular flexibility index (Phi) is 4.84. The fourth-order valence-corrected chi connectivity index (χ4v) is 2.46. The quantitative estimate of drug-likeness (QED) is 0.686. The van der Waals surface area contributed by atoms with Gasteiger partial charge in [-0.25, -0.2) is 0 Å². The predicted molar refractivity (Wildman–Crippen MR) is 100.0 cm³/mol. The van der Waals surface area contributed by atoms with E-state index >= 15 is 0 Å². The summed E-state index contributed by atoms with van der Waals surface area (Å²) in [5, 5.41) is 12.4. The summed E-state index contributed by atoms with van der Waals surface area (Å²) in [6, 6.07) is 17.4. The number of nitrogens with zero attached hydrogens (tertiary/aromatic N) is 4. The smallest absolute Gasteiger partial charge is 0.265 e. The van der Waals surface area contributed by atoms with Crippen LogP contribution in [0.1, 0.15) is 36.7 Å². The van der Waals surface area contributed by atoms with Crippen molar-refractivity contribution in [3.8, 4) is 11.3 Å². The molecule has 0 saturated carbocycles. The number of hydrogen-bond donors (Lipinski definition) is 0. The van der Waals surface area contributed by atoms with Gasteiger partial charge in [0.1, 0.15) is 0 Å². The summed E-state index contributed by atoms with van der Waals surface area (Å²) >= 11 is 0. The zero-order valence-electron chi connectivity index (χ0n) is 14.5. The molecule has 0 aliphatic rings. The molecular formula is C20H20N4O. The van der Waals surface area contributed by atoms with Gasteiger partial charge in [-0.2, -0.15) is 9.78 Å². The minimum atomic E-state index is -0.284. The van der Waals surface area contributed by atoms with Crippen molar-refractivity contribution in [2.24, 2.45) is 5.10 Å². The minimum Gasteiger partial charge on any atom is -0.265 e. The highest BCUT2D eigenvalue weighted by atomic mass is 16.1. The van der Waals surface area contributed by atoms with Crippen LogP contribution in [0.15, 0.2) is 64.5 Å². The summed E-state index contributed by atoms with van der Waals surface area (Å²) in [5.74, 6) is 0.924. The third kappa shape index (κ3) is 3.71. The van der Waals surface area contributed by atoms with Crippen molar-refractivity contribution in [1.82, 2.24) is 14.9 Å². The van der Waals surface area contributed by atoms with Crippen molar-refractivity contribution >= 4 is 6.21 Å². The van der Waals surface area contributed by atoms with E-state index in [-0.39, 0.29) is 5.56 Å². The molecule has 1 aromatic heterocycles. The first-order valence-corrected chi connectivity index (χ1v) is 8.22. The van der Waals surface area contributed by atoms with Crippen molar-refractivity contribution in [1.29, 1.82) is 0 Å². The molecule has 0 bridgehead atoms. The Balaban J connectivity index is 1.96. The second-order valence-electron chi connectivity index (χ2n) is 6.14. The van der Waals surface area contributed by atoms with Gasteiger partial charge in [-0.3, -0.25) is 4.79 Å². The first-order chi connectivity index (χ1) is 12.1. The molecule has 0 fully saturated rings. The molecule has 5 nitrogen and oxygen atoms in total. The summed E-state index contributed by atoms with van der Waals surface area (Å²) in [5.41, 5.74) is 2.92. The van der Waals surface area contributed by atoms with Crippen LogP contribution in [0, 0.1) is 6.92 Å². The van der Waals surface area contributed by atoms with Gasteiger partial charge in [-0.1, -0.05) is 68.4 Å². The maximum atomic E-state index is 12.7. The third-order valence-corrected chi connectivity index (χ3v) is 3.97. The van der Waals surface area contributed by atoms with E-state index in [2.05, 4.69) is 41.3 Å². The highest BCUT2D eigenvalue weighted by molar-refractivity contribution is 5.79. The highest BCUT2D eigenvalue weighted by Gasteiger charge is 2.10. The average molecular weight is 332 g/mol. The van der Waals surface area contributed by atoms with Crippen molar-refractivity contribution in [2.45, 2.75) is 26.7 Å². The van der Waals surface area contributed by atoms with Crippen molar-refractivity contribution in [3.05, 3.63) is 81.9 Å². The first kappa shape index (κ1) is 16.8. The molecule has 126 valence electrons. The Hall–Kier alpha value is -3.08. The summed E-state index contributed by atoms with van der Waals surface area (Å²) in [4.78, 5) is 12.7. The number of benzene rings is 2. The molecule has 0 N–H and O–H groups in total. The van der Waals surface area contributed by atoms with Crippen LogP contribution in [0.5, 0.6) is 0 Å². The molecule has 0 aliphatic heterocycles. The molecule has 0 atom stereocenters. The van der Waals surface area contributed by atoms with Crippen LogP contribution in [0.25, 0.3) is 11.3 Å². The van der Waals surface area contributed by atoms with Gasteiger partial charge in [0, 0.05) is 5.56 Å². The van der Waals surface area contributed by atoms with Crippen molar-refractivity contribution < 1.29 is 0 Å². The number of hydrogen-bond acceptors (Lipinski definition) is 4. The number of aryl methyl sites for hydroxylation is 1. The Morgan fingerprint density at radius 3 is 2.32 bits per heavy atom. The molecule has 5 heteroatoms. The molecule has 0 aliphatic carbocycles. The molecule has 0 radical (unpaired) electrons.